The molecule has 0 aliphatic carbocycles. The van der Waals surface area contributed by atoms with Crippen molar-refractivity contribution in [3.63, 3.8) is 0 Å². The number of ether oxygens (including phenoxy) is 1. The first-order valence-corrected chi connectivity index (χ1v) is 4.14. The second-order valence-corrected chi connectivity index (χ2v) is 3.00. The van der Waals surface area contributed by atoms with E-state index in [0.717, 1.165) is 24.4 Å². The molecule has 12 heavy (non-hydrogen) atoms. The molecule has 2 heterocycles. The molecular formula is C8H13N3O. The molecule has 0 amide bonds. The zero-order valence-electron chi connectivity index (χ0n) is 7.21. The van der Waals surface area contributed by atoms with Crippen LogP contribution in [0.3, 0.4) is 0 Å². The molecule has 1 aliphatic heterocycles. The van der Waals surface area contributed by atoms with Gasteiger partial charge in [-0.2, -0.15) is 5.10 Å². The second kappa shape index (κ2) is 2.88. The number of nitrogens with two attached hydrogens (primary N) is 1. The standard InChI is InChI=1S/C8H13N3O/c1-11-8(4-9)6-2-3-12-5-7(6)10-11/h2-5,9H2,1H3. The smallest absolute Gasteiger partial charge is 0.0917 e. The Balaban J connectivity index is 2.46. The van der Waals surface area contributed by atoms with Crippen LogP contribution in [0.2, 0.25) is 0 Å². The first-order chi connectivity index (χ1) is 5.83. The molecule has 4 heteroatoms. The number of aromatic nitrogens is 2. The van der Waals surface area contributed by atoms with Crippen molar-refractivity contribution in [1.29, 1.82) is 0 Å². The minimum Gasteiger partial charge on any atom is -0.375 e. The summed E-state index contributed by atoms with van der Waals surface area (Å²) in [6.07, 6.45) is 0.954. The van der Waals surface area contributed by atoms with Crippen molar-refractivity contribution in [3.05, 3.63) is 17.0 Å². The van der Waals surface area contributed by atoms with Crippen LogP contribution in [0.15, 0.2) is 0 Å². The summed E-state index contributed by atoms with van der Waals surface area (Å²) in [6.45, 7) is 2.01. The minimum atomic E-state index is 0.568. The Bertz CT molecular complexity index is 293. The molecule has 0 radical (unpaired) electrons. The highest BCUT2D eigenvalue weighted by atomic mass is 16.5. The summed E-state index contributed by atoms with van der Waals surface area (Å²) in [4.78, 5) is 0. The van der Waals surface area contributed by atoms with Gasteiger partial charge in [0, 0.05) is 19.2 Å². The maximum Gasteiger partial charge on any atom is 0.0917 e. The Hall–Kier alpha value is -0.870. The van der Waals surface area contributed by atoms with Gasteiger partial charge in [0.15, 0.2) is 0 Å². The van der Waals surface area contributed by atoms with Crippen LogP contribution in [-0.2, 0) is 31.4 Å². The van der Waals surface area contributed by atoms with E-state index in [1.807, 2.05) is 11.7 Å². The summed E-state index contributed by atoms with van der Waals surface area (Å²) in [5.41, 5.74) is 9.12. The fourth-order valence-corrected chi connectivity index (χ4v) is 1.67. The fourth-order valence-electron chi connectivity index (χ4n) is 1.67. The highest BCUT2D eigenvalue weighted by Gasteiger charge is 2.17. The molecule has 2 rings (SSSR count). The first kappa shape index (κ1) is 7.76. The van der Waals surface area contributed by atoms with Gasteiger partial charge in [0.05, 0.1) is 24.6 Å². The van der Waals surface area contributed by atoms with Crippen LogP contribution in [0.1, 0.15) is 17.0 Å². The van der Waals surface area contributed by atoms with Crippen LogP contribution in [0.25, 0.3) is 0 Å². The maximum absolute atomic E-state index is 5.62. The van der Waals surface area contributed by atoms with Gasteiger partial charge in [0.25, 0.3) is 0 Å². The van der Waals surface area contributed by atoms with E-state index in [1.165, 1.54) is 5.56 Å². The molecule has 0 spiro atoms. The molecule has 2 N–H and O–H groups in total. The van der Waals surface area contributed by atoms with Gasteiger partial charge < -0.3 is 10.5 Å². The van der Waals surface area contributed by atoms with Crippen molar-refractivity contribution in [2.45, 2.75) is 19.6 Å². The Morgan fingerprint density at radius 3 is 3.25 bits per heavy atom. The molecule has 4 nitrogen and oxygen atoms in total. The Kier molecular flexibility index (Phi) is 1.86. The Morgan fingerprint density at radius 2 is 2.50 bits per heavy atom. The van der Waals surface area contributed by atoms with Gasteiger partial charge in [-0.05, 0) is 6.42 Å². The average Bonchev–Trinajstić information content (AvgIpc) is 2.40. The lowest BCUT2D eigenvalue weighted by Crippen LogP contribution is -2.11. The van der Waals surface area contributed by atoms with E-state index in [1.54, 1.807) is 0 Å². The van der Waals surface area contributed by atoms with E-state index in [-0.39, 0.29) is 0 Å². The van der Waals surface area contributed by atoms with E-state index in [9.17, 15) is 0 Å². The monoisotopic (exact) mass is 167 g/mol. The SMILES string of the molecule is Cn1nc2c(c1CN)CCOC2. The van der Waals surface area contributed by atoms with E-state index < -0.39 is 0 Å². The molecule has 0 fully saturated rings. The lowest BCUT2D eigenvalue weighted by molar-refractivity contribution is 0.108. The van der Waals surface area contributed by atoms with E-state index in [0.29, 0.717) is 13.2 Å². The highest BCUT2D eigenvalue weighted by Crippen LogP contribution is 2.18. The van der Waals surface area contributed by atoms with Crippen LogP contribution in [0.5, 0.6) is 0 Å². The predicted molar refractivity (Wildman–Crippen MR) is 44.5 cm³/mol. The number of rotatable bonds is 1. The first-order valence-electron chi connectivity index (χ1n) is 4.14. The minimum absolute atomic E-state index is 0.568. The third-order valence-electron chi connectivity index (χ3n) is 2.29. The summed E-state index contributed by atoms with van der Waals surface area (Å²) in [6, 6.07) is 0. The highest BCUT2D eigenvalue weighted by molar-refractivity contribution is 5.27. The molecule has 0 saturated heterocycles. The van der Waals surface area contributed by atoms with Crippen LogP contribution >= 0.6 is 0 Å². The normalized spacial score (nSPS) is 16.2. The number of hydrogen-bond acceptors (Lipinski definition) is 3. The van der Waals surface area contributed by atoms with Crippen LogP contribution in [0.4, 0.5) is 0 Å². The number of aryl methyl sites for hydroxylation is 1. The largest absolute Gasteiger partial charge is 0.375 e. The number of nitrogens with zero attached hydrogens (tertiary/aromatic N) is 2. The Labute approximate surface area is 71.3 Å². The van der Waals surface area contributed by atoms with E-state index >= 15 is 0 Å². The molecule has 1 aromatic heterocycles. The summed E-state index contributed by atoms with van der Waals surface area (Å²) in [5, 5.41) is 4.33. The summed E-state index contributed by atoms with van der Waals surface area (Å²) < 4.78 is 7.15. The molecule has 0 bridgehead atoms. The lowest BCUT2D eigenvalue weighted by Gasteiger charge is -2.11. The molecule has 1 aliphatic rings. The topological polar surface area (TPSA) is 53.1 Å². The quantitative estimate of drug-likeness (QED) is 0.638. The molecule has 0 aromatic carbocycles. The third kappa shape index (κ3) is 1.04. The molecular weight excluding hydrogens is 154 g/mol. The summed E-state index contributed by atoms with van der Waals surface area (Å²) in [7, 11) is 1.93. The zero-order chi connectivity index (χ0) is 8.55. The Morgan fingerprint density at radius 1 is 1.67 bits per heavy atom. The van der Waals surface area contributed by atoms with Gasteiger partial charge in [0.1, 0.15) is 0 Å². The predicted octanol–water partition coefficient (Wildman–Crippen LogP) is -0.0485. The van der Waals surface area contributed by atoms with Crippen molar-refractivity contribution in [3.8, 4) is 0 Å². The third-order valence-corrected chi connectivity index (χ3v) is 2.29. The molecule has 1 aromatic rings. The van der Waals surface area contributed by atoms with Crippen molar-refractivity contribution in [2.24, 2.45) is 12.8 Å². The van der Waals surface area contributed by atoms with Crippen LogP contribution < -0.4 is 5.73 Å². The zero-order valence-corrected chi connectivity index (χ0v) is 7.21. The van der Waals surface area contributed by atoms with E-state index in [2.05, 4.69) is 5.10 Å². The maximum atomic E-state index is 5.62. The van der Waals surface area contributed by atoms with Gasteiger partial charge in [-0.1, -0.05) is 0 Å². The summed E-state index contributed by atoms with van der Waals surface area (Å²) >= 11 is 0. The van der Waals surface area contributed by atoms with Gasteiger partial charge in [-0.25, -0.2) is 0 Å². The second-order valence-electron chi connectivity index (χ2n) is 3.00. The molecule has 0 unspecified atom stereocenters. The van der Waals surface area contributed by atoms with Crippen molar-refractivity contribution >= 4 is 0 Å². The van der Waals surface area contributed by atoms with Crippen LogP contribution in [-0.4, -0.2) is 16.4 Å². The van der Waals surface area contributed by atoms with Crippen molar-refractivity contribution in [1.82, 2.24) is 9.78 Å². The fraction of sp³-hybridized carbons (Fsp3) is 0.625. The molecule has 66 valence electrons. The number of fused-ring (bicyclic) bond motifs is 1. The summed E-state index contributed by atoms with van der Waals surface area (Å²) in [5.74, 6) is 0. The number of hydrogen-bond donors (Lipinski definition) is 1. The lowest BCUT2D eigenvalue weighted by atomic mass is 10.1. The molecule has 0 atom stereocenters. The van der Waals surface area contributed by atoms with E-state index in [4.69, 9.17) is 10.5 Å². The van der Waals surface area contributed by atoms with Gasteiger partial charge in [0.2, 0.25) is 0 Å². The van der Waals surface area contributed by atoms with Crippen molar-refractivity contribution < 1.29 is 4.74 Å². The van der Waals surface area contributed by atoms with Gasteiger partial charge in [-0.15, -0.1) is 0 Å². The average molecular weight is 167 g/mol. The molecule has 0 saturated carbocycles. The van der Waals surface area contributed by atoms with Gasteiger partial charge in [-0.3, -0.25) is 4.68 Å². The van der Waals surface area contributed by atoms with Gasteiger partial charge >= 0.3 is 0 Å². The van der Waals surface area contributed by atoms with Crippen molar-refractivity contribution in [2.75, 3.05) is 6.61 Å². The van der Waals surface area contributed by atoms with Crippen LogP contribution in [0, 0.1) is 0 Å².